The Hall–Kier alpha value is -2.81. The van der Waals surface area contributed by atoms with Crippen molar-refractivity contribution in [3.8, 4) is 17.2 Å². The van der Waals surface area contributed by atoms with Crippen molar-refractivity contribution >= 4 is 34.0 Å². The van der Waals surface area contributed by atoms with Gasteiger partial charge in [0.1, 0.15) is 17.9 Å². The van der Waals surface area contributed by atoms with E-state index in [0.29, 0.717) is 41.2 Å². The van der Waals surface area contributed by atoms with E-state index in [0.717, 1.165) is 55.9 Å². The molecule has 1 aliphatic rings. The van der Waals surface area contributed by atoms with Crippen LogP contribution < -0.4 is 19.5 Å². The van der Waals surface area contributed by atoms with Gasteiger partial charge >= 0.3 is 0 Å². The standard InChI is InChI=1S/C24H29ClN4O4/c1-3-32-17-5-6-19(25)21(13-17)28-24-18-14-22(30-2)23(15-20(18)26-16-27-24)33-10-4-7-29-8-11-31-12-9-29/h5-6,13-16H,3-4,7-12H2,1-2H3,(H,26,27,28). The molecule has 0 bridgehead atoms. The van der Waals surface area contributed by atoms with E-state index in [2.05, 4.69) is 20.2 Å². The molecular weight excluding hydrogens is 444 g/mol. The molecule has 2 heterocycles. The molecule has 0 saturated carbocycles. The Kier molecular flexibility index (Phi) is 8.04. The van der Waals surface area contributed by atoms with Gasteiger partial charge in [-0.25, -0.2) is 9.97 Å². The second kappa shape index (κ2) is 11.4. The summed E-state index contributed by atoms with van der Waals surface area (Å²) in [6.45, 7) is 7.64. The molecule has 9 heteroatoms. The van der Waals surface area contributed by atoms with Crippen LogP contribution >= 0.6 is 11.6 Å². The molecule has 8 nitrogen and oxygen atoms in total. The number of rotatable bonds is 10. The van der Waals surface area contributed by atoms with Gasteiger partial charge in [0, 0.05) is 37.2 Å². The largest absolute Gasteiger partial charge is 0.494 e. The first-order valence-corrected chi connectivity index (χ1v) is 11.5. The number of methoxy groups -OCH3 is 1. The maximum absolute atomic E-state index is 6.39. The summed E-state index contributed by atoms with van der Waals surface area (Å²) < 4.78 is 22.6. The molecule has 2 aromatic carbocycles. The van der Waals surface area contributed by atoms with Gasteiger partial charge < -0.3 is 24.3 Å². The molecule has 0 unspecified atom stereocenters. The lowest BCUT2D eigenvalue weighted by molar-refractivity contribution is 0.0357. The van der Waals surface area contributed by atoms with E-state index in [4.69, 9.17) is 30.5 Å². The van der Waals surface area contributed by atoms with Crippen LogP contribution in [-0.4, -0.2) is 68.0 Å². The maximum Gasteiger partial charge on any atom is 0.163 e. The SMILES string of the molecule is CCOc1ccc(Cl)c(Nc2ncnc3cc(OCCCN4CCOCC4)c(OC)cc23)c1. The average molecular weight is 473 g/mol. The van der Waals surface area contributed by atoms with Gasteiger partial charge in [-0.2, -0.15) is 0 Å². The third kappa shape index (κ3) is 5.96. The van der Waals surface area contributed by atoms with Crippen molar-refractivity contribution < 1.29 is 18.9 Å². The highest BCUT2D eigenvalue weighted by atomic mass is 35.5. The minimum Gasteiger partial charge on any atom is -0.494 e. The quantitative estimate of drug-likeness (QED) is 0.431. The van der Waals surface area contributed by atoms with E-state index in [1.165, 1.54) is 6.33 Å². The number of nitrogens with one attached hydrogen (secondary N) is 1. The van der Waals surface area contributed by atoms with E-state index in [9.17, 15) is 0 Å². The van der Waals surface area contributed by atoms with Crippen LogP contribution in [0.15, 0.2) is 36.7 Å². The van der Waals surface area contributed by atoms with Gasteiger partial charge in [0.2, 0.25) is 0 Å². The average Bonchev–Trinajstić information content (AvgIpc) is 2.84. The third-order valence-corrected chi connectivity index (χ3v) is 5.73. The summed E-state index contributed by atoms with van der Waals surface area (Å²) in [5.41, 5.74) is 1.44. The van der Waals surface area contributed by atoms with Crippen LogP contribution in [0, 0.1) is 0 Å². The molecule has 176 valence electrons. The molecule has 1 N–H and O–H groups in total. The second-order valence-corrected chi connectivity index (χ2v) is 8.01. The number of fused-ring (bicyclic) bond motifs is 1. The summed E-state index contributed by atoms with van der Waals surface area (Å²) in [5.74, 6) is 2.63. The lowest BCUT2D eigenvalue weighted by Gasteiger charge is -2.26. The van der Waals surface area contributed by atoms with Crippen molar-refractivity contribution in [2.75, 3.05) is 58.5 Å². The molecule has 0 atom stereocenters. The number of benzene rings is 2. The minimum atomic E-state index is 0.567. The predicted octanol–water partition coefficient (Wildman–Crippen LogP) is 4.54. The van der Waals surface area contributed by atoms with Gasteiger partial charge in [0.15, 0.2) is 11.5 Å². The molecule has 0 spiro atoms. The Morgan fingerprint density at radius 1 is 1.09 bits per heavy atom. The summed E-state index contributed by atoms with van der Waals surface area (Å²) in [4.78, 5) is 11.2. The highest BCUT2D eigenvalue weighted by Gasteiger charge is 2.14. The van der Waals surface area contributed by atoms with Gasteiger partial charge in [-0.05, 0) is 31.5 Å². The van der Waals surface area contributed by atoms with E-state index in [-0.39, 0.29) is 0 Å². The Bertz CT molecular complexity index is 1080. The number of aromatic nitrogens is 2. The zero-order valence-electron chi connectivity index (χ0n) is 19.0. The third-order valence-electron chi connectivity index (χ3n) is 5.40. The van der Waals surface area contributed by atoms with Gasteiger partial charge in [-0.1, -0.05) is 11.6 Å². The van der Waals surface area contributed by atoms with Gasteiger partial charge in [-0.3, -0.25) is 4.90 Å². The fourth-order valence-electron chi connectivity index (χ4n) is 3.72. The fraction of sp³-hybridized carbons (Fsp3) is 0.417. The van der Waals surface area contributed by atoms with Crippen molar-refractivity contribution in [1.82, 2.24) is 14.9 Å². The first kappa shape index (κ1) is 23.4. The Morgan fingerprint density at radius 2 is 1.94 bits per heavy atom. The van der Waals surface area contributed by atoms with Gasteiger partial charge in [0.25, 0.3) is 0 Å². The zero-order chi connectivity index (χ0) is 23.0. The van der Waals surface area contributed by atoms with Crippen molar-refractivity contribution in [2.24, 2.45) is 0 Å². The lowest BCUT2D eigenvalue weighted by Crippen LogP contribution is -2.37. The maximum atomic E-state index is 6.39. The first-order chi connectivity index (χ1) is 16.2. The summed E-state index contributed by atoms with van der Waals surface area (Å²) in [5, 5.41) is 4.66. The van der Waals surface area contributed by atoms with Gasteiger partial charge in [0.05, 0.1) is 49.8 Å². The van der Waals surface area contributed by atoms with Crippen LogP contribution in [0.25, 0.3) is 10.9 Å². The Morgan fingerprint density at radius 3 is 2.73 bits per heavy atom. The van der Waals surface area contributed by atoms with Crippen LogP contribution in [0.4, 0.5) is 11.5 Å². The highest BCUT2D eigenvalue weighted by Crippen LogP contribution is 2.36. The lowest BCUT2D eigenvalue weighted by atomic mass is 10.2. The van der Waals surface area contributed by atoms with Crippen LogP contribution in [0.3, 0.4) is 0 Å². The number of anilines is 2. The smallest absolute Gasteiger partial charge is 0.163 e. The van der Waals surface area contributed by atoms with Crippen molar-refractivity contribution in [3.63, 3.8) is 0 Å². The van der Waals surface area contributed by atoms with Crippen molar-refractivity contribution in [1.29, 1.82) is 0 Å². The highest BCUT2D eigenvalue weighted by molar-refractivity contribution is 6.33. The molecule has 0 radical (unpaired) electrons. The molecule has 3 aromatic rings. The van der Waals surface area contributed by atoms with E-state index < -0.39 is 0 Å². The molecule has 4 rings (SSSR count). The Labute approximate surface area is 198 Å². The van der Waals surface area contributed by atoms with Crippen LogP contribution in [-0.2, 0) is 4.74 Å². The number of ether oxygens (including phenoxy) is 4. The van der Waals surface area contributed by atoms with Crippen LogP contribution in [0.1, 0.15) is 13.3 Å². The summed E-state index contributed by atoms with van der Waals surface area (Å²) in [7, 11) is 1.63. The fourth-order valence-corrected chi connectivity index (χ4v) is 3.88. The molecule has 1 aliphatic heterocycles. The number of halogens is 1. The van der Waals surface area contributed by atoms with Crippen molar-refractivity contribution in [3.05, 3.63) is 41.7 Å². The minimum absolute atomic E-state index is 0.567. The molecule has 0 amide bonds. The molecule has 33 heavy (non-hydrogen) atoms. The predicted molar refractivity (Wildman–Crippen MR) is 129 cm³/mol. The monoisotopic (exact) mass is 472 g/mol. The van der Waals surface area contributed by atoms with E-state index >= 15 is 0 Å². The van der Waals surface area contributed by atoms with Gasteiger partial charge in [-0.15, -0.1) is 0 Å². The van der Waals surface area contributed by atoms with Crippen LogP contribution in [0.2, 0.25) is 5.02 Å². The zero-order valence-corrected chi connectivity index (χ0v) is 19.7. The van der Waals surface area contributed by atoms with Crippen molar-refractivity contribution in [2.45, 2.75) is 13.3 Å². The first-order valence-electron chi connectivity index (χ1n) is 11.1. The second-order valence-electron chi connectivity index (χ2n) is 7.60. The molecule has 1 aromatic heterocycles. The number of hydrogen-bond donors (Lipinski definition) is 1. The normalized spacial score (nSPS) is 14.3. The van der Waals surface area contributed by atoms with E-state index in [1.807, 2.05) is 31.2 Å². The number of nitrogens with zero attached hydrogens (tertiary/aromatic N) is 3. The van der Waals surface area contributed by atoms with E-state index in [1.54, 1.807) is 13.2 Å². The molecule has 1 fully saturated rings. The summed E-state index contributed by atoms with van der Waals surface area (Å²) in [6, 6.07) is 9.24. The van der Waals surface area contributed by atoms with Crippen LogP contribution in [0.5, 0.6) is 17.2 Å². The number of hydrogen-bond acceptors (Lipinski definition) is 8. The molecular formula is C24H29ClN4O4. The number of morpholine rings is 1. The summed E-state index contributed by atoms with van der Waals surface area (Å²) >= 11 is 6.39. The summed E-state index contributed by atoms with van der Waals surface area (Å²) in [6.07, 6.45) is 2.44. The molecule has 0 aliphatic carbocycles. The molecule has 1 saturated heterocycles. The Balaban J connectivity index is 1.50. The topological polar surface area (TPSA) is 78.0 Å².